The molecule has 2 N–H and O–H groups in total. The van der Waals surface area contributed by atoms with E-state index in [0.29, 0.717) is 0 Å². The lowest BCUT2D eigenvalue weighted by atomic mass is 9.95. The van der Waals surface area contributed by atoms with Crippen LogP contribution in [0.5, 0.6) is 5.75 Å². The first-order chi connectivity index (χ1) is 13.3. The molecule has 1 aromatic rings. The maximum Gasteiger partial charge on any atom is 0.191 e. The smallest absolute Gasteiger partial charge is 0.191 e. The number of nitrogens with one attached hydrogen (secondary N) is 2. The summed E-state index contributed by atoms with van der Waals surface area (Å²) in [7, 11) is 3.56. The molecule has 0 saturated carbocycles. The van der Waals surface area contributed by atoms with E-state index in [2.05, 4.69) is 44.4 Å². The van der Waals surface area contributed by atoms with Crippen molar-refractivity contribution in [1.82, 2.24) is 15.5 Å². The monoisotopic (exact) mass is 392 g/mol. The number of hydrogen-bond acceptors (Lipinski definition) is 5. The van der Waals surface area contributed by atoms with Crippen LogP contribution in [0.2, 0.25) is 0 Å². The Morgan fingerprint density at radius 2 is 2.11 bits per heavy atom. The van der Waals surface area contributed by atoms with Gasteiger partial charge < -0.3 is 20.1 Å². The van der Waals surface area contributed by atoms with Crippen molar-refractivity contribution in [1.29, 1.82) is 0 Å². The van der Waals surface area contributed by atoms with Gasteiger partial charge in [-0.25, -0.2) is 0 Å². The van der Waals surface area contributed by atoms with Gasteiger partial charge in [0.05, 0.1) is 20.3 Å². The van der Waals surface area contributed by atoms with Gasteiger partial charge in [0, 0.05) is 44.5 Å². The highest BCUT2D eigenvalue weighted by atomic mass is 32.2. The third-order valence-electron chi connectivity index (χ3n) is 5.45. The maximum absolute atomic E-state index is 5.55. The van der Waals surface area contributed by atoms with Gasteiger partial charge in [-0.1, -0.05) is 18.2 Å². The molecule has 3 rings (SSSR count). The summed E-state index contributed by atoms with van der Waals surface area (Å²) in [6, 6.07) is 8.17. The van der Waals surface area contributed by atoms with E-state index in [1.54, 1.807) is 7.11 Å². The molecule has 0 aliphatic carbocycles. The molecule has 2 saturated heterocycles. The number of hydrogen-bond donors (Lipinski definition) is 2. The molecule has 2 aliphatic rings. The Labute approximate surface area is 167 Å². The molecule has 1 unspecified atom stereocenters. The number of para-hydroxylation sites is 1. The Kier molecular flexibility index (Phi) is 7.67. The molecular formula is C20H32N4O2S. The van der Waals surface area contributed by atoms with E-state index in [9.17, 15) is 0 Å². The average molecular weight is 393 g/mol. The molecule has 0 spiro atoms. The average Bonchev–Trinajstić information content (AvgIpc) is 3.21. The molecule has 27 heavy (non-hydrogen) atoms. The second-order valence-corrected chi connectivity index (χ2v) is 8.15. The normalized spacial score (nSPS) is 24.0. The van der Waals surface area contributed by atoms with Crippen molar-refractivity contribution in [2.45, 2.75) is 18.4 Å². The summed E-state index contributed by atoms with van der Waals surface area (Å²) in [5, 5.41) is 7.02. The molecule has 0 bridgehead atoms. The molecule has 6 nitrogen and oxygen atoms in total. The molecule has 0 amide bonds. The molecule has 0 aromatic heterocycles. The molecule has 2 aliphatic heterocycles. The first-order valence-electron chi connectivity index (χ1n) is 9.74. The van der Waals surface area contributed by atoms with E-state index < -0.39 is 0 Å². The fourth-order valence-electron chi connectivity index (χ4n) is 3.83. The van der Waals surface area contributed by atoms with Crippen LogP contribution >= 0.6 is 11.8 Å². The van der Waals surface area contributed by atoms with E-state index in [-0.39, 0.29) is 5.54 Å². The predicted octanol–water partition coefficient (Wildman–Crippen LogP) is 1.61. The number of aliphatic imine (C=N–C) groups is 1. The Morgan fingerprint density at radius 1 is 1.30 bits per heavy atom. The third-order valence-corrected chi connectivity index (χ3v) is 6.69. The summed E-state index contributed by atoms with van der Waals surface area (Å²) in [4.78, 5) is 7.03. The maximum atomic E-state index is 5.55. The van der Waals surface area contributed by atoms with Crippen LogP contribution in [0.3, 0.4) is 0 Å². The number of rotatable bonds is 7. The topological polar surface area (TPSA) is 58.1 Å². The van der Waals surface area contributed by atoms with Crippen LogP contribution in [0.1, 0.15) is 12.0 Å². The lowest BCUT2D eigenvalue weighted by molar-refractivity contribution is -0.0120. The van der Waals surface area contributed by atoms with E-state index in [0.717, 1.165) is 57.5 Å². The summed E-state index contributed by atoms with van der Waals surface area (Å²) in [6.07, 6.45) is 2.12. The van der Waals surface area contributed by atoms with Gasteiger partial charge in [-0.05, 0) is 30.2 Å². The minimum Gasteiger partial charge on any atom is -0.496 e. The lowest BCUT2D eigenvalue weighted by Gasteiger charge is -2.43. The van der Waals surface area contributed by atoms with Crippen LogP contribution in [0.4, 0.5) is 0 Å². The van der Waals surface area contributed by atoms with Gasteiger partial charge in [0.1, 0.15) is 5.75 Å². The molecule has 1 aromatic carbocycles. The fraction of sp³-hybridized carbons (Fsp3) is 0.650. The van der Waals surface area contributed by atoms with Crippen molar-refractivity contribution in [3.8, 4) is 5.75 Å². The predicted molar refractivity (Wildman–Crippen MR) is 113 cm³/mol. The van der Waals surface area contributed by atoms with Crippen molar-refractivity contribution in [2.75, 3.05) is 65.1 Å². The lowest BCUT2D eigenvalue weighted by Crippen LogP contribution is -2.60. The van der Waals surface area contributed by atoms with Gasteiger partial charge in [-0.3, -0.25) is 9.89 Å². The standard InChI is InChI=1S/C20H32N4O2S/c1-21-19(22-9-7-17-5-3-4-6-18(17)25-2)23-15-20(8-14-27-16-20)24-10-12-26-13-11-24/h3-6H,7-16H2,1-2H3,(H2,21,22,23). The Morgan fingerprint density at radius 3 is 2.81 bits per heavy atom. The van der Waals surface area contributed by atoms with Gasteiger partial charge in [0.2, 0.25) is 0 Å². The first kappa shape index (κ1) is 20.3. The second kappa shape index (κ2) is 10.2. The molecule has 1 atom stereocenters. The van der Waals surface area contributed by atoms with Crippen molar-refractivity contribution >= 4 is 17.7 Å². The number of guanidine groups is 1. The minimum atomic E-state index is 0.217. The third kappa shape index (κ3) is 5.30. The summed E-state index contributed by atoms with van der Waals surface area (Å²) in [5.41, 5.74) is 1.43. The van der Waals surface area contributed by atoms with E-state index in [1.165, 1.54) is 23.5 Å². The highest BCUT2D eigenvalue weighted by Crippen LogP contribution is 2.33. The number of morpholine rings is 1. The van der Waals surface area contributed by atoms with Crippen molar-refractivity contribution in [3.63, 3.8) is 0 Å². The van der Waals surface area contributed by atoms with Gasteiger partial charge >= 0.3 is 0 Å². The van der Waals surface area contributed by atoms with Crippen LogP contribution in [0, 0.1) is 0 Å². The van der Waals surface area contributed by atoms with Crippen LogP contribution in [-0.2, 0) is 11.2 Å². The second-order valence-electron chi connectivity index (χ2n) is 7.04. The zero-order chi connectivity index (χ0) is 19.0. The molecule has 2 fully saturated rings. The molecule has 150 valence electrons. The van der Waals surface area contributed by atoms with Gasteiger partial charge in [0.25, 0.3) is 0 Å². The Bertz CT molecular complexity index is 614. The summed E-state index contributed by atoms with van der Waals surface area (Å²) in [6.45, 7) is 5.49. The van der Waals surface area contributed by atoms with Crippen molar-refractivity contribution in [2.24, 2.45) is 4.99 Å². The Balaban J connectivity index is 1.50. The van der Waals surface area contributed by atoms with Crippen LogP contribution in [-0.4, -0.2) is 81.5 Å². The summed E-state index contributed by atoms with van der Waals surface area (Å²) in [5.74, 6) is 4.22. The van der Waals surface area contributed by atoms with E-state index >= 15 is 0 Å². The molecule has 7 heteroatoms. The zero-order valence-corrected chi connectivity index (χ0v) is 17.3. The summed E-state index contributed by atoms with van der Waals surface area (Å²) < 4.78 is 11.0. The number of ether oxygens (including phenoxy) is 2. The van der Waals surface area contributed by atoms with Crippen LogP contribution < -0.4 is 15.4 Å². The highest BCUT2D eigenvalue weighted by molar-refractivity contribution is 7.99. The van der Waals surface area contributed by atoms with Crippen molar-refractivity contribution in [3.05, 3.63) is 29.8 Å². The quantitative estimate of drug-likeness (QED) is 0.543. The zero-order valence-electron chi connectivity index (χ0n) is 16.5. The van der Waals surface area contributed by atoms with Gasteiger partial charge in [-0.2, -0.15) is 11.8 Å². The van der Waals surface area contributed by atoms with Crippen LogP contribution in [0.25, 0.3) is 0 Å². The number of methoxy groups -OCH3 is 1. The fourth-order valence-corrected chi connectivity index (χ4v) is 5.31. The largest absolute Gasteiger partial charge is 0.496 e. The number of thioether (sulfide) groups is 1. The SMILES string of the molecule is CN=C(NCCc1ccccc1OC)NCC1(N2CCOCC2)CCSC1. The molecule has 0 radical (unpaired) electrons. The van der Waals surface area contributed by atoms with Gasteiger partial charge in [0.15, 0.2) is 5.96 Å². The van der Waals surface area contributed by atoms with E-state index in [1.807, 2.05) is 19.2 Å². The molecule has 2 heterocycles. The van der Waals surface area contributed by atoms with E-state index in [4.69, 9.17) is 9.47 Å². The molecular weight excluding hydrogens is 360 g/mol. The summed E-state index contributed by atoms with van der Waals surface area (Å²) >= 11 is 2.06. The number of nitrogens with zero attached hydrogens (tertiary/aromatic N) is 2. The highest BCUT2D eigenvalue weighted by Gasteiger charge is 2.40. The number of benzene rings is 1. The van der Waals surface area contributed by atoms with Crippen molar-refractivity contribution < 1.29 is 9.47 Å². The minimum absolute atomic E-state index is 0.217. The van der Waals surface area contributed by atoms with Crippen LogP contribution in [0.15, 0.2) is 29.3 Å². The Hall–Kier alpha value is -1.44. The van der Waals surface area contributed by atoms with Gasteiger partial charge in [-0.15, -0.1) is 0 Å². The first-order valence-corrected chi connectivity index (χ1v) is 10.9.